The standard InChI is InChI=1S/C13H28N2/c1-4-8-13(11-14,9-5-2)15-10-6-7-12(15)3/h12H,4-11,14H2,1-3H3. The van der Waals surface area contributed by atoms with Crippen LogP contribution in [0.5, 0.6) is 0 Å². The number of nitrogens with two attached hydrogens (primary N) is 1. The molecule has 0 saturated carbocycles. The van der Waals surface area contributed by atoms with E-state index in [1.54, 1.807) is 0 Å². The third kappa shape index (κ3) is 2.73. The van der Waals surface area contributed by atoms with Gasteiger partial charge in [0.1, 0.15) is 0 Å². The van der Waals surface area contributed by atoms with Crippen molar-refractivity contribution >= 4 is 0 Å². The number of hydrogen-bond acceptors (Lipinski definition) is 2. The molecule has 15 heavy (non-hydrogen) atoms. The molecule has 1 atom stereocenters. The third-order valence-corrected chi connectivity index (χ3v) is 3.97. The highest BCUT2D eigenvalue weighted by molar-refractivity contribution is 4.96. The minimum Gasteiger partial charge on any atom is -0.329 e. The van der Waals surface area contributed by atoms with Crippen molar-refractivity contribution in [2.24, 2.45) is 5.73 Å². The largest absolute Gasteiger partial charge is 0.329 e. The molecule has 90 valence electrons. The van der Waals surface area contributed by atoms with Crippen LogP contribution in [-0.2, 0) is 0 Å². The van der Waals surface area contributed by atoms with E-state index in [4.69, 9.17) is 5.73 Å². The normalized spacial score (nSPS) is 23.6. The SMILES string of the molecule is CCCC(CN)(CCC)N1CCCC1C. The van der Waals surface area contributed by atoms with Gasteiger partial charge in [0.25, 0.3) is 0 Å². The Morgan fingerprint density at radius 3 is 2.20 bits per heavy atom. The minimum atomic E-state index is 0.305. The lowest BCUT2D eigenvalue weighted by molar-refractivity contribution is 0.0683. The molecule has 1 aliphatic heterocycles. The molecule has 2 N–H and O–H groups in total. The van der Waals surface area contributed by atoms with E-state index < -0.39 is 0 Å². The van der Waals surface area contributed by atoms with E-state index in [9.17, 15) is 0 Å². The van der Waals surface area contributed by atoms with Gasteiger partial charge in [0.05, 0.1) is 0 Å². The highest BCUT2D eigenvalue weighted by Gasteiger charge is 2.38. The van der Waals surface area contributed by atoms with Crippen molar-refractivity contribution in [2.45, 2.75) is 70.9 Å². The van der Waals surface area contributed by atoms with Gasteiger partial charge in [-0.05, 0) is 39.2 Å². The summed E-state index contributed by atoms with van der Waals surface area (Å²) >= 11 is 0. The highest BCUT2D eigenvalue weighted by atomic mass is 15.2. The van der Waals surface area contributed by atoms with E-state index in [-0.39, 0.29) is 0 Å². The molecule has 0 aromatic carbocycles. The first-order valence-electron chi connectivity index (χ1n) is 6.67. The average Bonchev–Trinajstić information content (AvgIpc) is 2.64. The quantitative estimate of drug-likeness (QED) is 0.733. The van der Waals surface area contributed by atoms with Crippen LogP contribution in [0.15, 0.2) is 0 Å². The smallest absolute Gasteiger partial charge is 0.0334 e. The van der Waals surface area contributed by atoms with Gasteiger partial charge in [0.2, 0.25) is 0 Å². The van der Waals surface area contributed by atoms with Crippen molar-refractivity contribution in [3.05, 3.63) is 0 Å². The third-order valence-electron chi connectivity index (χ3n) is 3.97. The average molecular weight is 212 g/mol. The first-order chi connectivity index (χ1) is 7.20. The lowest BCUT2D eigenvalue weighted by atomic mass is 9.86. The Hall–Kier alpha value is -0.0800. The maximum Gasteiger partial charge on any atom is 0.0334 e. The molecule has 2 heteroatoms. The minimum absolute atomic E-state index is 0.305. The van der Waals surface area contributed by atoms with Crippen LogP contribution in [-0.4, -0.2) is 29.6 Å². The second kappa shape index (κ2) is 5.86. The van der Waals surface area contributed by atoms with Crippen molar-refractivity contribution in [1.29, 1.82) is 0 Å². The van der Waals surface area contributed by atoms with Crippen molar-refractivity contribution in [2.75, 3.05) is 13.1 Å². The zero-order valence-corrected chi connectivity index (χ0v) is 10.8. The van der Waals surface area contributed by atoms with Crippen LogP contribution in [0.4, 0.5) is 0 Å². The lowest BCUT2D eigenvalue weighted by Gasteiger charge is -2.44. The van der Waals surface area contributed by atoms with Crippen molar-refractivity contribution in [3.8, 4) is 0 Å². The van der Waals surface area contributed by atoms with Gasteiger partial charge < -0.3 is 5.73 Å². The molecule has 0 aromatic heterocycles. The maximum absolute atomic E-state index is 6.08. The van der Waals surface area contributed by atoms with Gasteiger partial charge in [-0.25, -0.2) is 0 Å². The summed E-state index contributed by atoms with van der Waals surface area (Å²) in [5.74, 6) is 0. The molecule has 1 rings (SSSR count). The van der Waals surface area contributed by atoms with Crippen molar-refractivity contribution < 1.29 is 0 Å². The highest BCUT2D eigenvalue weighted by Crippen LogP contribution is 2.33. The Bertz CT molecular complexity index is 173. The molecule has 0 bridgehead atoms. The molecular weight excluding hydrogens is 184 g/mol. The van der Waals surface area contributed by atoms with E-state index >= 15 is 0 Å². The number of nitrogens with zero attached hydrogens (tertiary/aromatic N) is 1. The molecule has 1 fully saturated rings. The second-order valence-electron chi connectivity index (χ2n) is 5.11. The topological polar surface area (TPSA) is 29.3 Å². The Labute approximate surface area is 95.2 Å². The number of likely N-dealkylation sites (tertiary alicyclic amines) is 1. The monoisotopic (exact) mass is 212 g/mol. The lowest BCUT2D eigenvalue weighted by Crippen LogP contribution is -2.55. The summed E-state index contributed by atoms with van der Waals surface area (Å²) in [7, 11) is 0. The van der Waals surface area contributed by atoms with E-state index in [1.807, 2.05) is 0 Å². The summed E-state index contributed by atoms with van der Waals surface area (Å²) < 4.78 is 0. The second-order valence-corrected chi connectivity index (χ2v) is 5.11. The molecule has 0 radical (unpaired) electrons. The molecule has 1 heterocycles. The fourth-order valence-corrected chi connectivity index (χ4v) is 3.30. The molecule has 2 nitrogen and oxygen atoms in total. The molecule has 0 amide bonds. The van der Waals surface area contributed by atoms with Crippen LogP contribution in [0.1, 0.15) is 59.3 Å². The van der Waals surface area contributed by atoms with Gasteiger partial charge >= 0.3 is 0 Å². The molecule has 0 aliphatic carbocycles. The summed E-state index contributed by atoms with van der Waals surface area (Å²) in [6.07, 6.45) is 7.75. The van der Waals surface area contributed by atoms with E-state index in [0.717, 1.165) is 12.6 Å². The molecule has 1 unspecified atom stereocenters. The summed E-state index contributed by atoms with van der Waals surface area (Å²) in [6.45, 7) is 9.02. The van der Waals surface area contributed by atoms with Crippen LogP contribution in [0, 0.1) is 0 Å². The summed E-state index contributed by atoms with van der Waals surface area (Å²) in [4.78, 5) is 2.69. The zero-order valence-electron chi connectivity index (χ0n) is 10.8. The van der Waals surface area contributed by atoms with E-state index in [0.29, 0.717) is 5.54 Å². The van der Waals surface area contributed by atoms with Crippen LogP contribution >= 0.6 is 0 Å². The van der Waals surface area contributed by atoms with E-state index in [1.165, 1.54) is 45.1 Å². The van der Waals surface area contributed by atoms with Crippen LogP contribution in [0.3, 0.4) is 0 Å². The molecular formula is C13H28N2. The summed E-state index contributed by atoms with van der Waals surface area (Å²) in [6, 6.07) is 0.742. The number of rotatable bonds is 6. The first kappa shape index (κ1) is 13.0. The molecule has 0 spiro atoms. The zero-order chi connectivity index (χ0) is 11.3. The van der Waals surface area contributed by atoms with Crippen molar-refractivity contribution in [1.82, 2.24) is 4.90 Å². The number of hydrogen-bond donors (Lipinski definition) is 1. The molecule has 0 aromatic rings. The maximum atomic E-state index is 6.08. The predicted octanol–water partition coefficient (Wildman–Crippen LogP) is 2.77. The fraction of sp³-hybridized carbons (Fsp3) is 1.00. The van der Waals surface area contributed by atoms with Gasteiger partial charge in [-0.2, -0.15) is 0 Å². The van der Waals surface area contributed by atoms with Gasteiger partial charge in [-0.15, -0.1) is 0 Å². The van der Waals surface area contributed by atoms with Gasteiger partial charge in [0, 0.05) is 18.1 Å². The Morgan fingerprint density at radius 1 is 1.27 bits per heavy atom. The summed E-state index contributed by atoms with van der Waals surface area (Å²) in [5, 5.41) is 0. The Morgan fingerprint density at radius 2 is 1.87 bits per heavy atom. The van der Waals surface area contributed by atoms with Crippen molar-refractivity contribution in [3.63, 3.8) is 0 Å². The summed E-state index contributed by atoms with van der Waals surface area (Å²) in [5.41, 5.74) is 6.39. The Balaban J connectivity index is 2.76. The first-order valence-corrected chi connectivity index (χ1v) is 6.67. The van der Waals surface area contributed by atoms with E-state index in [2.05, 4.69) is 25.7 Å². The fourth-order valence-electron chi connectivity index (χ4n) is 3.30. The predicted molar refractivity (Wildman–Crippen MR) is 67.0 cm³/mol. The Kier molecular flexibility index (Phi) is 5.07. The van der Waals surface area contributed by atoms with Gasteiger partial charge in [0.15, 0.2) is 0 Å². The van der Waals surface area contributed by atoms with Gasteiger partial charge in [-0.1, -0.05) is 26.7 Å². The van der Waals surface area contributed by atoms with Crippen LogP contribution < -0.4 is 5.73 Å². The van der Waals surface area contributed by atoms with Crippen LogP contribution in [0.25, 0.3) is 0 Å². The molecule has 1 saturated heterocycles. The van der Waals surface area contributed by atoms with Crippen LogP contribution in [0.2, 0.25) is 0 Å². The van der Waals surface area contributed by atoms with Gasteiger partial charge in [-0.3, -0.25) is 4.90 Å². The molecule has 1 aliphatic rings.